The van der Waals surface area contributed by atoms with Crippen LogP contribution in [-0.4, -0.2) is 46.0 Å². The summed E-state index contributed by atoms with van der Waals surface area (Å²) in [5.41, 5.74) is -2.26. The Morgan fingerprint density at radius 1 is 1.62 bits per heavy atom. The van der Waals surface area contributed by atoms with Crippen molar-refractivity contribution in [1.29, 1.82) is 0 Å². The highest BCUT2D eigenvalue weighted by Crippen LogP contribution is 2.23. The van der Waals surface area contributed by atoms with Crippen LogP contribution in [0.5, 0.6) is 0 Å². The Bertz CT molecular complexity index is 357. The number of hydrogen-bond acceptors (Lipinski definition) is 5. The summed E-state index contributed by atoms with van der Waals surface area (Å²) in [7, 11) is 1.32. The van der Waals surface area contributed by atoms with Crippen molar-refractivity contribution >= 4 is 5.91 Å². The van der Waals surface area contributed by atoms with E-state index in [0.717, 1.165) is 0 Å². The molecule has 6 heteroatoms. The molecule has 0 bridgehead atoms. The zero-order valence-corrected chi connectivity index (χ0v) is 8.79. The number of aromatic nitrogens is 1. The molecule has 0 aliphatic heterocycles. The Hall–Kier alpha value is -1.50. The molecule has 0 saturated heterocycles. The van der Waals surface area contributed by atoms with Crippen molar-refractivity contribution in [2.24, 2.45) is 0 Å². The SMILES string of the molecule is CNC(=O)C(O)(c1ccccn1)C(O)CO. The Kier molecular flexibility index (Phi) is 3.94. The lowest BCUT2D eigenvalue weighted by atomic mass is 9.91. The first-order valence-electron chi connectivity index (χ1n) is 4.72. The first kappa shape index (κ1) is 12.6. The molecule has 1 rings (SSSR count). The predicted octanol–water partition coefficient (Wildman–Crippen LogP) is -1.63. The van der Waals surface area contributed by atoms with E-state index in [1.54, 1.807) is 12.1 Å². The van der Waals surface area contributed by atoms with Crippen molar-refractivity contribution in [3.63, 3.8) is 0 Å². The van der Waals surface area contributed by atoms with Gasteiger partial charge < -0.3 is 20.6 Å². The Labute approximate surface area is 92.6 Å². The van der Waals surface area contributed by atoms with E-state index < -0.39 is 24.2 Å². The molecule has 16 heavy (non-hydrogen) atoms. The maximum absolute atomic E-state index is 11.6. The first-order valence-corrected chi connectivity index (χ1v) is 4.72. The highest BCUT2D eigenvalue weighted by atomic mass is 16.4. The summed E-state index contributed by atoms with van der Waals surface area (Å²) in [6, 6.07) is 4.58. The number of rotatable bonds is 4. The van der Waals surface area contributed by atoms with Crippen molar-refractivity contribution in [2.75, 3.05) is 13.7 Å². The number of nitrogens with zero attached hydrogens (tertiary/aromatic N) is 1. The van der Waals surface area contributed by atoms with Crippen LogP contribution in [-0.2, 0) is 10.4 Å². The van der Waals surface area contributed by atoms with Crippen molar-refractivity contribution in [1.82, 2.24) is 10.3 Å². The van der Waals surface area contributed by atoms with Gasteiger partial charge in [0.1, 0.15) is 6.10 Å². The number of carbonyl (C=O) groups is 1. The smallest absolute Gasteiger partial charge is 0.260 e. The van der Waals surface area contributed by atoms with Gasteiger partial charge in [0.2, 0.25) is 5.60 Å². The average molecular weight is 226 g/mol. The molecule has 2 unspecified atom stereocenters. The van der Waals surface area contributed by atoms with Crippen LogP contribution >= 0.6 is 0 Å². The lowest BCUT2D eigenvalue weighted by molar-refractivity contribution is -0.159. The number of pyridine rings is 1. The molecule has 0 saturated carbocycles. The lowest BCUT2D eigenvalue weighted by Gasteiger charge is -2.29. The van der Waals surface area contributed by atoms with E-state index in [4.69, 9.17) is 5.11 Å². The molecule has 1 heterocycles. The van der Waals surface area contributed by atoms with Gasteiger partial charge >= 0.3 is 0 Å². The number of amides is 1. The summed E-state index contributed by atoms with van der Waals surface area (Å²) in [5.74, 6) is -0.826. The summed E-state index contributed by atoms with van der Waals surface area (Å²) in [5, 5.41) is 30.7. The molecular weight excluding hydrogens is 212 g/mol. The molecule has 4 N–H and O–H groups in total. The Balaban J connectivity index is 3.20. The molecule has 0 radical (unpaired) electrons. The second-order valence-corrected chi connectivity index (χ2v) is 3.26. The van der Waals surface area contributed by atoms with E-state index in [1.807, 2.05) is 0 Å². The molecule has 0 aromatic carbocycles. The maximum Gasteiger partial charge on any atom is 0.260 e. The van der Waals surface area contributed by atoms with Gasteiger partial charge in [-0.15, -0.1) is 0 Å². The number of hydrogen-bond donors (Lipinski definition) is 4. The van der Waals surface area contributed by atoms with Crippen LogP contribution in [0.1, 0.15) is 5.69 Å². The standard InChI is InChI=1S/C10H14N2O4/c1-11-9(15)10(16,8(14)6-13)7-4-2-3-5-12-7/h2-5,8,13-14,16H,6H2,1H3,(H,11,15). The summed E-state index contributed by atoms with van der Waals surface area (Å²) in [4.78, 5) is 15.4. The van der Waals surface area contributed by atoms with Crippen molar-refractivity contribution in [3.8, 4) is 0 Å². The largest absolute Gasteiger partial charge is 0.394 e. The fourth-order valence-corrected chi connectivity index (χ4v) is 1.35. The third kappa shape index (κ3) is 2.04. The van der Waals surface area contributed by atoms with Crippen LogP contribution in [0.2, 0.25) is 0 Å². The van der Waals surface area contributed by atoms with E-state index in [2.05, 4.69) is 10.3 Å². The summed E-state index contributed by atoms with van der Waals surface area (Å²) in [6.07, 6.45) is -0.254. The molecule has 0 spiro atoms. The zero-order chi connectivity index (χ0) is 12.2. The minimum Gasteiger partial charge on any atom is -0.394 e. The van der Waals surface area contributed by atoms with E-state index in [9.17, 15) is 15.0 Å². The lowest BCUT2D eigenvalue weighted by Crippen LogP contribution is -2.53. The van der Waals surface area contributed by atoms with Gasteiger partial charge in [-0.1, -0.05) is 6.07 Å². The number of nitrogens with one attached hydrogen (secondary N) is 1. The molecule has 1 aromatic heterocycles. The van der Waals surface area contributed by atoms with Gasteiger partial charge in [-0.2, -0.15) is 0 Å². The monoisotopic (exact) mass is 226 g/mol. The van der Waals surface area contributed by atoms with Crippen molar-refractivity contribution < 1.29 is 20.1 Å². The number of aliphatic hydroxyl groups excluding tert-OH is 2. The maximum atomic E-state index is 11.6. The fourth-order valence-electron chi connectivity index (χ4n) is 1.35. The Morgan fingerprint density at radius 3 is 2.75 bits per heavy atom. The van der Waals surface area contributed by atoms with E-state index in [0.29, 0.717) is 0 Å². The van der Waals surface area contributed by atoms with E-state index in [1.165, 1.54) is 19.3 Å². The second kappa shape index (κ2) is 5.02. The topological polar surface area (TPSA) is 103 Å². The minimum atomic E-state index is -2.25. The van der Waals surface area contributed by atoms with Crippen molar-refractivity contribution in [2.45, 2.75) is 11.7 Å². The van der Waals surface area contributed by atoms with E-state index >= 15 is 0 Å². The van der Waals surface area contributed by atoms with Crippen LogP contribution in [0.25, 0.3) is 0 Å². The molecule has 2 atom stereocenters. The molecule has 1 aromatic rings. The quantitative estimate of drug-likeness (QED) is 0.493. The van der Waals surface area contributed by atoms with Gasteiger partial charge in [0.05, 0.1) is 12.3 Å². The van der Waals surface area contributed by atoms with Gasteiger partial charge in [-0.05, 0) is 12.1 Å². The molecule has 6 nitrogen and oxygen atoms in total. The van der Waals surface area contributed by atoms with Crippen LogP contribution < -0.4 is 5.32 Å². The van der Waals surface area contributed by atoms with Crippen LogP contribution in [0.4, 0.5) is 0 Å². The van der Waals surface area contributed by atoms with Crippen LogP contribution in [0.15, 0.2) is 24.4 Å². The highest BCUT2D eigenvalue weighted by molar-refractivity contribution is 5.86. The molecule has 0 aliphatic carbocycles. The predicted molar refractivity (Wildman–Crippen MR) is 55.3 cm³/mol. The summed E-state index contributed by atoms with van der Waals surface area (Å²) >= 11 is 0. The van der Waals surface area contributed by atoms with E-state index in [-0.39, 0.29) is 5.69 Å². The van der Waals surface area contributed by atoms with Crippen LogP contribution in [0, 0.1) is 0 Å². The molecule has 1 amide bonds. The zero-order valence-electron chi connectivity index (χ0n) is 8.79. The second-order valence-electron chi connectivity index (χ2n) is 3.26. The Morgan fingerprint density at radius 2 is 2.31 bits per heavy atom. The fraction of sp³-hybridized carbons (Fsp3) is 0.400. The minimum absolute atomic E-state index is 0.0177. The summed E-state index contributed by atoms with van der Waals surface area (Å²) in [6.45, 7) is -0.750. The van der Waals surface area contributed by atoms with Gasteiger partial charge in [-0.25, -0.2) is 0 Å². The molecule has 0 fully saturated rings. The molecular formula is C10H14N2O4. The van der Waals surface area contributed by atoms with Gasteiger partial charge in [0, 0.05) is 13.2 Å². The molecule has 88 valence electrons. The number of aliphatic hydroxyl groups is 3. The summed E-state index contributed by atoms with van der Waals surface area (Å²) < 4.78 is 0. The highest BCUT2D eigenvalue weighted by Gasteiger charge is 2.45. The normalized spacial score (nSPS) is 16.2. The number of likely N-dealkylation sites (N-methyl/N-ethyl adjacent to an activating group) is 1. The van der Waals surface area contributed by atoms with Gasteiger partial charge in [-0.3, -0.25) is 9.78 Å². The average Bonchev–Trinajstić information content (AvgIpc) is 2.36. The third-order valence-electron chi connectivity index (χ3n) is 2.28. The molecule has 0 aliphatic rings. The third-order valence-corrected chi connectivity index (χ3v) is 2.28. The van der Waals surface area contributed by atoms with Crippen LogP contribution in [0.3, 0.4) is 0 Å². The number of carbonyl (C=O) groups excluding carboxylic acids is 1. The van der Waals surface area contributed by atoms with Crippen molar-refractivity contribution in [3.05, 3.63) is 30.1 Å². The van der Waals surface area contributed by atoms with Gasteiger partial charge in [0.25, 0.3) is 5.91 Å². The first-order chi connectivity index (χ1) is 7.57. The van der Waals surface area contributed by atoms with Gasteiger partial charge in [0.15, 0.2) is 0 Å².